The van der Waals surface area contributed by atoms with Crippen molar-refractivity contribution in [3.05, 3.63) is 24.3 Å². The van der Waals surface area contributed by atoms with Crippen LogP contribution >= 0.6 is 0 Å². The fraction of sp³-hybridized carbons (Fsp3) is 0.571. The van der Waals surface area contributed by atoms with Gasteiger partial charge in [-0.3, -0.25) is 9.59 Å². The molecule has 2 aliphatic rings. The number of hydrogen-bond acceptors (Lipinski definition) is 3. The van der Waals surface area contributed by atoms with E-state index in [1.807, 2.05) is 19.9 Å². The Kier molecular flexibility index (Phi) is 2.53. The van der Waals surface area contributed by atoms with Gasteiger partial charge in [0.25, 0.3) is 0 Å². The molecule has 3 heteroatoms. The second-order valence-corrected chi connectivity index (χ2v) is 5.50. The van der Waals surface area contributed by atoms with Gasteiger partial charge in [0.1, 0.15) is 0 Å². The minimum atomic E-state index is -0.610. The van der Waals surface area contributed by atoms with Crippen LogP contribution < -0.4 is 0 Å². The lowest BCUT2D eigenvalue weighted by molar-refractivity contribution is -0.157. The lowest BCUT2D eigenvalue weighted by Gasteiger charge is -2.41. The van der Waals surface area contributed by atoms with E-state index in [4.69, 9.17) is 4.74 Å². The van der Waals surface area contributed by atoms with Gasteiger partial charge in [0.05, 0.1) is 12.5 Å². The molecular weight excluding hydrogens is 216 g/mol. The van der Waals surface area contributed by atoms with Gasteiger partial charge in [-0.05, 0) is 25.3 Å². The van der Waals surface area contributed by atoms with Crippen LogP contribution in [0, 0.1) is 16.7 Å². The zero-order valence-electron chi connectivity index (χ0n) is 10.6. The van der Waals surface area contributed by atoms with E-state index in [2.05, 4.69) is 6.58 Å². The van der Waals surface area contributed by atoms with Gasteiger partial charge in [-0.25, -0.2) is 0 Å². The fourth-order valence-electron chi connectivity index (χ4n) is 3.29. The highest BCUT2D eigenvalue weighted by Gasteiger charge is 2.60. The molecule has 3 atom stereocenters. The smallest absolute Gasteiger partial charge is 0.312 e. The van der Waals surface area contributed by atoms with Crippen LogP contribution in [0.25, 0.3) is 0 Å². The number of hydrogen-bond donors (Lipinski definition) is 0. The molecule has 0 aromatic carbocycles. The van der Waals surface area contributed by atoms with Crippen LogP contribution in [0.3, 0.4) is 0 Å². The van der Waals surface area contributed by atoms with Crippen LogP contribution in [-0.2, 0) is 14.3 Å². The number of carbonyl (C=O) groups excluding carboxylic acids is 2. The largest absolute Gasteiger partial charge is 0.469 e. The number of rotatable bonds is 1. The zero-order chi connectivity index (χ0) is 12.8. The summed E-state index contributed by atoms with van der Waals surface area (Å²) in [6, 6.07) is 0. The Hall–Kier alpha value is -1.38. The molecule has 0 radical (unpaired) electrons. The van der Waals surface area contributed by atoms with E-state index in [-0.39, 0.29) is 23.1 Å². The Morgan fingerprint density at radius 1 is 1.53 bits per heavy atom. The average Bonchev–Trinajstić information content (AvgIpc) is 2.49. The number of fused-ring (bicyclic) bond motifs is 1. The highest BCUT2D eigenvalue weighted by Crippen LogP contribution is 2.61. The zero-order valence-corrected chi connectivity index (χ0v) is 10.6. The quantitative estimate of drug-likeness (QED) is 0.516. The maximum absolute atomic E-state index is 12.0. The maximum Gasteiger partial charge on any atom is 0.312 e. The van der Waals surface area contributed by atoms with Crippen LogP contribution in [0.4, 0.5) is 0 Å². The summed E-state index contributed by atoms with van der Waals surface area (Å²) in [5, 5.41) is 0. The van der Waals surface area contributed by atoms with E-state index in [1.54, 1.807) is 6.08 Å². The third-order valence-corrected chi connectivity index (χ3v) is 4.64. The molecule has 1 fully saturated rings. The Labute approximate surface area is 102 Å². The van der Waals surface area contributed by atoms with Crippen molar-refractivity contribution in [3.8, 4) is 0 Å². The number of carbonyl (C=O) groups is 2. The average molecular weight is 234 g/mol. The molecule has 0 aromatic heterocycles. The van der Waals surface area contributed by atoms with Gasteiger partial charge in [0, 0.05) is 11.8 Å². The van der Waals surface area contributed by atoms with E-state index < -0.39 is 5.41 Å². The van der Waals surface area contributed by atoms with E-state index >= 15 is 0 Å². The normalized spacial score (nSPS) is 40.3. The molecule has 2 rings (SSSR count). The summed E-state index contributed by atoms with van der Waals surface area (Å²) >= 11 is 0. The van der Waals surface area contributed by atoms with Gasteiger partial charge >= 0.3 is 5.97 Å². The Balaban J connectivity index is 2.52. The minimum Gasteiger partial charge on any atom is -0.469 e. The molecule has 3 nitrogen and oxygen atoms in total. The molecule has 92 valence electrons. The lowest BCUT2D eigenvalue weighted by Crippen LogP contribution is -2.44. The van der Waals surface area contributed by atoms with Gasteiger partial charge in [-0.15, -0.1) is 0 Å². The van der Waals surface area contributed by atoms with Gasteiger partial charge in [-0.1, -0.05) is 25.2 Å². The predicted octanol–water partition coefficient (Wildman–Crippen LogP) is 2.28. The molecule has 0 saturated heterocycles. The van der Waals surface area contributed by atoms with Crippen LogP contribution in [-0.4, -0.2) is 18.9 Å². The first-order valence-corrected chi connectivity index (χ1v) is 5.83. The third-order valence-electron chi connectivity index (χ3n) is 4.64. The fourth-order valence-corrected chi connectivity index (χ4v) is 3.29. The van der Waals surface area contributed by atoms with Crippen molar-refractivity contribution in [2.45, 2.75) is 26.7 Å². The van der Waals surface area contributed by atoms with Crippen molar-refractivity contribution in [1.29, 1.82) is 0 Å². The van der Waals surface area contributed by atoms with Crippen LogP contribution in [0.15, 0.2) is 24.3 Å². The van der Waals surface area contributed by atoms with Gasteiger partial charge in [0.2, 0.25) is 0 Å². The van der Waals surface area contributed by atoms with Crippen molar-refractivity contribution in [3.63, 3.8) is 0 Å². The van der Waals surface area contributed by atoms with Crippen molar-refractivity contribution >= 4 is 11.8 Å². The highest BCUT2D eigenvalue weighted by molar-refractivity contribution is 5.92. The Bertz CT molecular complexity index is 435. The van der Waals surface area contributed by atoms with E-state index in [0.717, 1.165) is 5.57 Å². The molecule has 0 unspecified atom stereocenters. The van der Waals surface area contributed by atoms with Crippen molar-refractivity contribution < 1.29 is 14.3 Å². The molecule has 0 heterocycles. The van der Waals surface area contributed by atoms with Crippen LogP contribution in [0.2, 0.25) is 0 Å². The number of ketones is 1. The predicted molar refractivity (Wildman–Crippen MR) is 64.2 cm³/mol. The summed E-state index contributed by atoms with van der Waals surface area (Å²) in [5.74, 6) is -0.0468. The molecule has 0 N–H and O–H groups in total. The van der Waals surface area contributed by atoms with Crippen molar-refractivity contribution in [2.75, 3.05) is 7.11 Å². The standard InChI is InChI=1S/C14H18O3/c1-9-8-14(3,12(16)17-4)13(2)6-5-10(15)7-11(9)13/h5-6,11H,1,7-8H2,2-4H3/t11-,13-,14-/m0/s1. The van der Waals surface area contributed by atoms with E-state index in [9.17, 15) is 9.59 Å². The van der Waals surface area contributed by atoms with Gasteiger partial charge < -0.3 is 4.74 Å². The number of esters is 1. The van der Waals surface area contributed by atoms with Crippen LogP contribution in [0.5, 0.6) is 0 Å². The second-order valence-electron chi connectivity index (χ2n) is 5.50. The topological polar surface area (TPSA) is 43.4 Å². The van der Waals surface area contributed by atoms with Gasteiger partial charge in [-0.2, -0.15) is 0 Å². The molecule has 0 amide bonds. The minimum absolute atomic E-state index is 0.0594. The SMILES string of the molecule is C=C1C[C@@](C)(C(=O)OC)[C@@]2(C)C=CC(=O)C[C@@H]12. The summed E-state index contributed by atoms with van der Waals surface area (Å²) in [7, 11) is 1.41. The summed E-state index contributed by atoms with van der Waals surface area (Å²) in [4.78, 5) is 23.5. The van der Waals surface area contributed by atoms with Gasteiger partial charge in [0.15, 0.2) is 5.78 Å². The lowest BCUT2D eigenvalue weighted by atomic mass is 9.61. The molecule has 0 spiro atoms. The first-order chi connectivity index (χ1) is 7.85. The molecule has 0 aromatic rings. The number of ether oxygens (including phenoxy) is 1. The van der Waals surface area contributed by atoms with E-state index in [0.29, 0.717) is 12.8 Å². The highest BCUT2D eigenvalue weighted by atomic mass is 16.5. The third kappa shape index (κ3) is 1.41. The summed E-state index contributed by atoms with van der Waals surface area (Å²) < 4.78 is 4.93. The first-order valence-electron chi connectivity index (χ1n) is 5.83. The van der Waals surface area contributed by atoms with Crippen LogP contribution in [0.1, 0.15) is 26.7 Å². The number of methoxy groups -OCH3 is 1. The maximum atomic E-state index is 12.0. The molecule has 0 aliphatic heterocycles. The van der Waals surface area contributed by atoms with Crippen molar-refractivity contribution in [1.82, 2.24) is 0 Å². The summed E-state index contributed by atoms with van der Waals surface area (Å²) in [6.45, 7) is 7.97. The first kappa shape index (κ1) is 12.1. The molecule has 0 bridgehead atoms. The molecule has 17 heavy (non-hydrogen) atoms. The molecule has 1 saturated carbocycles. The van der Waals surface area contributed by atoms with E-state index in [1.165, 1.54) is 7.11 Å². The Morgan fingerprint density at radius 3 is 2.76 bits per heavy atom. The summed E-state index contributed by atoms with van der Waals surface area (Å²) in [6.07, 6.45) is 4.52. The second kappa shape index (κ2) is 3.56. The molecule has 2 aliphatic carbocycles. The van der Waals surface area contributed by atoms with Crippen molar-refractivity contribution in [2.24, 2.45) is 16.7 Å². The monoisotopic (exact) mass is 234 g/mol. The number of allylic oxidation sites excluding steroid dienone is 3. The Morgan fingerprint density at radius 2 is 2.18 bits per heavy atom. The molecular formula is C14H18O3. The summed E-state index contributed by atoms with van der Waals surface area (Å²) in [5.41, 5.74) is 0.0179.